The first-order chi connectivity index (χ1) is 12.3. The molecule has 2 heterocycles. The van der Waals surface area contributed by atoms with Crippen molar-refractivity contribution in [3.63, 3.8) is 0 Å². The van der Waals surface area contributed by atoms with E-state index in [1.54, 1.807) is 6.33 Å². The standard InChI is InChI=1S/C20H20N4O/c25-20(10-12-24-14-23-18-7-3-4-8-19(18)24)21-11-9-15-13-22-17-6-2-1-5-16(15)17/h1-8,13-14,22H,9-12H2,(H,21,25). The van der Waals surface area contributed by atoms with Crippen LogP contribution in [-0.2, 0) is 17.8 Å². The van der Waals surface area contributed by atoms with Crippen molar-refractivity contribution in [2.45, 2.75) is 19.4 Å². The van der Waals surface area contributed by atoms with Gasteiger partial charge in [0.05, 0.1) is 17.4 Å². The minimum atomic E-state index is 0.0672. The number of carbonyl (C=O) groups is 1. The highest BCUT2D eigenvalue weighted by Crippen LogP contribution is 2.17. The molecular weight excluding hydrogens is 312 g/mol. The van der Waals surface area contributed by atoms with Crippen molar-refractivity contribution in [3.05, 3.63) is 66.6 Å². The molecule has 0 atom stereocenters. The van der Waals surface area contributed by atoms with Crippen molar-refractivity contribution in [1.29, 1.82) is 0 Å². The van der Waals surface area contributed by atoms with Gasteiger partial charge in [-0.25, -0.2) is 4.98 Å². The Morgan fingerprint density at radius 1 is 1.12 bits per heavy atom. The summed E-state index contributed by atoms with van der Waals surface area (Å²) in [6.45, 7) is 1.28. The Bertz CT molecular complexity index is 1010. The number of para-hydroxylation sites is 3. The normalized spacial score (nSPS) is 11.2. The van der Waals surface area contributed by atoms with E-state index in [0.29, 0.717) is 19.5 Å². The van der Waals surface area contributed by atoms with Gasteiger partial charge in [-0.1, -0.05) is 30.3 Å². The molecule has 2 N–H and O–H groups in total. The molecule has 0 spiro atoms. The van der Waals surface area contributed by atoms with Gasteiger partial charge < -0.3 is 14.9 Å². The van der Waals surface area contributed by atoms with Crippen molar-refractivity contribution in [3.8, 4) is 0 Å². The zero-order valence-electron chi connectivity index (χ0n) is 13.9. The van der Waals surface area contributed by atoms with E-state index in [0.717, 1.165) is 23.0 Å². The highest BCUT2D eigenvalue weighted by molar-refractivity contribution is 5.83. The quantitative estimate of drug-likeness (QED) is 0.569. The van der Waals surface area contributed by atoms with Crippen LogP contribution in [0.5, 0.6) is 0 Å². The molecule has 4 aromatic rings. The van der Waals surface area contributed by atoms with E-state index in [1.165, 1.54) is 10.9 Å². The van der Waals surface area contributed by atoms with E-state index in [4.69, 9.17) is 0 Å². The molecule has 0 saturated heterocycles. The predicted molar refractivity (Wildman–Crippen MR) is 99.4 cm³/mol. The molecule has 0 bridgehead atoms. The zero-order valence-corrected chi connectivity index (χ0v) is 13.9. The molecule has 0 saturated carbocycles. The number of imidazole rings is 1. The van der Waals surface area contributed by atoms with Crippen molar-refractivity contribution < 1.29 is 4.79 Å². The van der Waals surface area contributed by atoms with E-state index in [1.807, 2.05) is 47.2 Å². The number of H-pyrrole nitrogens is 1. The Morgan fingerprint density at radius 2 is 1.96 bits per heavy atom. The van der Waals surface area contributed by atoms with E-state index >= 15 is 0 Å². The maximum Gasteiger partial charge on any atom is 0.221 e. The SMILES string of the molecule is O=C(CCn1cnc2ccccc21)NCCc1c[nH]c2ccccc12. The Balaban J connectivity index is 1.29. The van der Waals surface area contributed by atoms with Crippen LogP contribution in [0.4, 0.5) is 0 Å². The number of nitrogens with one attached hydrogen (secondary N) is 2. The Labute approximate surface area is 145 Å². The first-order valence-corrected chi connectivity index (χ1v) is 8.53. The molecule has 2 aromatic heterocycles. The van der Waals surface area contributed by atoms with Gasteiger partial charge in [0.1, 0.15) is 0 Å². The molecular formula is C20H20N4O. The van der Waals surface area contributed by atoms with Gasteiger partial charge in [-0.3, -0.25) is 4.79 Å². The maximum atomic E-state index is 12.1. The third-order valence-corrected chi connectivity index (χ3v) is 4.50. The molecule has 4 rings (SSSR count). The van der Waals surface area contributed by atoms with E-state index in [9.17, 15) is 4.79 Å². The molecule has 0 unspecified atom stereocenters. The average molecular weight is 332 g/mol. The molecule has 0 aliphatic rings. The molecule has 1 amide bonds. The number of nitrogens with zero attached hydrogens (tertiary/aromatic N) is 2. The van der Waals surface area contributed by atoms with Gasteiger partial charge in [-0.15, -0.1) is 0 Å². The number of carbonyl (C=O) groups excluding carboxylic acids is 1. The summed E-state index contributed by atoms with van der Waals surface area (Å²) >= 11 is 0. The fourth-order valence-electron chi connectivity index (χ4n) is 3.17. The van der Waals surface area contributed by atoms with Gasteiger partial charge in [-0.2, -0.15) is 0 Å². The van der Waals surface area contributed by atoms with Crippen molar-refractivity contribution in [2.75, 3.05) is 6.54 Å². The molecule has 0 aliphatic carbocycles. The number of aromatic nitrogens is 3. The highest BCUT2D eigenvalue weighted by atomic mass is 16.1. The summed E-state index contributed by atoms with van der Waals surface area (Å²) in [6.07, 6.45) is 5.09. The molecule has 0 fully saturated rings. The number of aryl methyl sites for hydroxylation is 1. The molecule has 5 nitrogen and oxygen atoms in total. The van der Waals surface area contributed by atoms with Crippen LogP contribution in [0.3, 0.4) is 0 Å². The lowest BCUT2D eigenvalue weighted by Gasteiger charge is -2.06. The van der Waals surface area contributed by atoms with Crippen LogP contribution in [0.2, 0.25) is 0 Å². The Hall–Kier alpha value is -3.08. The van der Waals surface area contributed by atoms with Gasteiger partial charge in [0.2, 0.25) is 5.91 Å². The number of rotatable bonds is 6. The van der Waals surface area contributed by atoms with Gasteiger partial charge in [-0.05, 0) is 30.2 Å². The minimum absolute atomic E-state index is 0.0672. The van der Waals surface area contributed by atoms with Crippen molar-refractivity contribution >= 4 is 27.8 Å². The second-order valence-electron chi connectivity index (χ2n) is 6.14. The summed E-state index contributed by atoms with van der Waals surface area (Å²) in [5, 5.41) is 4.23. The highest BCUT2D eigenvalue weighted by Gasteiger charge is 2.06. The average Bonchev–Trinajstić information content (AvgIpc) is 3.24. The predicted octanol–water partition coefficient (Wildman–Crippen LogP) is 3.27. The summed E-state index contributed by atoms with van der Waals surface area (Å²) in [7, 11) is 0. The molecule has 0 radical (unpaired) electrons. The van der Waals surface area contributed by atoms with E-state index < -0.39 is 0 Å². The largest absolute Gasteiger partial charge is 0.361 e. The van der Waals surface area contributed by atoms with E-state index in [-0.39, 0.29) is 5.91 Å². The first kappa shape index (κ1) is 15.4. The van der Waals surface area contributed by atoms with Gasteiger partial charge in [0.25, 0.3) is 0 Å². The lowest BCUT2D eigenvalue weighted by atomic mass is 10.1. The zero-order chi connectivity index (χ0) is 17.1. The van der Waals surface area contributed by atoms with E-state index in [2.05, 4.69) is 27.4 Å². The Morgan fingerprint density at radius 3 is 2.92 bits per heavy atom. The second kappa shape index (κ2) is 6.81. The molecule has 126 valence electrons. The first-order valence-electron chi connectivity index (χ1n) is 8.53. The van der Waals surface area contributed by atoms with Crippen molar-refractivity contribution in [2.24, 2.45) is 0 Å². The van der Waals surface area contributed by atoms with Gasteiger partial charge in [0.15, 0.2) is 0 Å². The third kappa shape index (κ3) is 3.26. The summed E-state index contributed by atoms with van der Waals surface area (Å²) < 4.78 is 2.02. The van der Waals surface area contributed by atoms with Crippen LogP contribution in [0.25, 0.3) is 21.9 Å². The topological polar surface area (TPSA) is 62.7 Å². The van der Waals surface area contributed by atoms with Crippen LogP contribution in [0.15, 0.2) is 61.1 Å². The number of aromatic amines is 1. The van der Waals surface area contributed by atoms with Gasteiger partial charge in [0, 0.05) is 36.6 Å². The number of amides is 1. The smallest absolute Gasteiger partial charge is 0.221 e. The van der Waals surface area contributed by atoms with Crippen LogP contribution in [-0.4, -0.2) is 27.0 Å². The summed E-state index contributed by atoms with van der Waals surface area (Å²) in [5.74, 6) is 0.0672. The molecule has 25 heavy (non-hydrogen) atoms. The summed E-state index contributed by atoms with van der Waals surface area (Å²) in [6, 6.07) is 16.2. The number of fused-ring (bicyclic) bond motifs is 2. The van der Waals surface area contributed by atoms with Crippen LogP contribution in [0.1, 0.15) is 12.0 Å². The van der Waals surface area contributed by atoms with Crippen LogP contribution < -0.4 is 5.32 Å². The van der Waals surface area contributed by atoms with Crippen LogP contribution in [0, 0.1) is 0 Å². The molecule has 0 aliphatic heterocycles. The lowest BCUT2D eigenvalue weighted by Crippen LogP contribution is -2.26. The number of hydrogen-bond acceptors (Lipinski definition) is 2. The maximum absolute atomic E-state index is 12.1. The fourth-order valence-corrected chi connectivity index (χ4v) is 3.17. The van der Waals surface area contributed by atoms with Crippen molar-refractivity contribution in [1.82, 2.24) is 19.9 Å². The molecule has 5 heteroatoms. The summed E-state index contributed by atoms with van der Waals surface area (Å²) in [4.78, 5) is 19.7. The number of hydrogen-bond donors (Lipinski definition) is 2. The summed E-state index contributed by atoms with van der Waals surface area (Å²) in [5.41, 5.74) is 4.39. The minimum Gasteiger partial charge on any atom is -0.361 e. The Kier molecular flexibility index (Phi) is 4.21. The number of benzene rings is 2. The second-order valence-corrected chi connectivity index (χ2v) is 6.14. The van der Waals surface area contributed by atoms with Crippen LogP contribution >= 0.6 is 0 Å². The lowest BCUT2D eigenvalue weighted by molar-refractivity contribution is -0.121. The fraction of sp³-hybridized carbons (Fsp3) is 0.200. The van der Waals surface area contributed by atoms with Gasteiger partial charge >= 0.3 is 0 Å². The monoisotopic (exact) mass is 332 g/mol. The molecule has 2 aromatic carbocycles. The third-order valence-electron chi connectivity index (χ3n) is 4.50.